The predicted octanol–water partition coefficient (Wildman–Crippen LogP) is 1.08. The van der Waals surface area contributed by atoms with Crippen LogP contribution in [0.4, 0.5) is 13.2 Å². The molecular weight excluding hydrogens is 305 g/mol. The van der Waals surface area contributed by atoms with Gasteiger partial charge < -0.3 is 15.0 Å². The SMILES string of the molecule is COC(=O)C1(CNC(=O)c2cc(C(F)(F)F)c[nH]c2=O)CC1. The molecule has 1 aromatic rings. The molecule has 0 radical (unpaired) electrons. The predicted molar refractivity (Wildman–Crippen MR) is 68.1 cm³/mol. The minimum absolute atomic E-state index is 0.0891. The Hall–Kier alpha value is -2.32. The summed E-state index contributed by atoms with van der Waals surface area (Å²) < 4.78 is 42.4. The third-order valence-electron chi connectivity index (χ3n) is 3.53. The molecule has 9 heteroatoms. The van der Waals surface area contributed by atoms with Crippen molar-refractivity contribution in [2.45, 2.75) is 19.0 Å². The number of carbonyl (C=O) groups is 2. The first-order valence-corrected chi connectivity index (χ1v) is 6.36. The van der Waals surface area contributed by atoms with Crippen LogP contribution < -0.4 is 10.9 Å². The Bertz CT molecular complexity index is 662. The van der Waals surface area contributed by atoms with E-state index in [1.807, 2.05) is 4.98 Å². The number of amides is 1. The fourth-order valence-corrected chi connectivity index (χ4v) is 1.98. The normalized spacial score (nSPS) is 16.0. The zero-order valence-corrected chi connectivity index (χ0v) is 11.5. The molecule has 22 heavy (non-hydrogen) atoms. The first kappa shape index (κ1) is 16.1. The second-order valence-electron chi connectivity index (χ2n) is 5.08. The monoisotopic (exact) mass is 318 g/mol. The van der Waals surface area contributed by atoms with Crippen LogP contribution in [0, 0.1) is 5.41 Å². The maximum Gasteiger partial charge on any atom is 0.417 e. The summed E-state index contributed by atoms with van der Waals surface area (Å²) >= 11 is 0. The number of pyridine rings is 1. The highest BCUT2D eigenvalue weighted by Gasteiger charge is 2.51. The summed E-state index contributed by atoms with van der Waals surface area (Å²) in [5.41, 5.74) is -3.56. The second-order valence-corrected chi connectivity index (χ2v) is 5.08. The standard InChI is InChI=1S/C13H13F3N2O4/c1-22-11(21)12(2-3-12)6-18-10(20)8-4-7(13(14,15)16)5-17-9(8)19/h4-5H,2-3,6H2,1H3,(H,17,19)(H,18,20). The van der Waals surface area contributed by atoms with Crippen LogP contribution in [0.15, 0.2) is 17.1 Å². The number of esters is 1. The van der Waals surface area contributed by atoms with E-state index in [1.165, 1.54) is 7.11 Å². The van der Waals surface area contributed by atoms with Gasteiger partial charge in [0.2, 0.25) is 0 Å². The number of nitrogens with one attached hydrogen (secondary N) is 2. The van der Waals surface area contributed by atoms with Crippen LogP contribution in [0.3, 0.4) is 0 Å². The van der Waals surface area contributed by atoms with Gasteiger partial charge in [-0.1, -0.05) is 0 Å². The molecule has 120 valence electrons. The molecule has 0 spiro atoms. The van der Waals surface area contributed by atoms with Gasteiger partial charge in [-0.25, -0.2) is 0 Å². The number of rotatable bonds is 4. The number of methoxy groups -OCH3 is 1. The highest BCUT2D eigenvalue weighted by Crippen LogP contribution is 2.46. The number of carbonyl (C=O) groups excluding carboxylic acids is 2. The molecule has 0 bridgehead atoms. The fourth-order valence-electron chi connectivity index (χ4n) is 1.98. The number of H-pyrrole nitrogens is 1. The van der Waals surface area contributed by atoms with E-state index >= 15 is 0 Å². The molecule has 2 N–H and O–H groups in total. The Morgan fingerprint density at radius 3 is 2.55 bits per heavy atom. The van der Waals surface area contributed by atoms with Crippen LogP contribution in [0.25, 0.3) is 0 Å². The van der Waals surface area contributed by atoms with Crippen LogP contribution >= 0.6 is 0 Å². The van der Waals surface area contributed by atoms with Crippen molar-refractivity contribution >= 4 is 11.9 Å². The maximum absolute atomic E-state index is 12.6. The summed E-state index contributed by atoms with van der Waals surface area (Å²) in [6.07, 6.45) is -3.16. The summed E-state index contributed by atoms with van der Waals surface area (Å²) in [4.78, 5) is 36.8. The lowest BCUT2D eigenvalue weighted by atomic mass is 10.1. The van der Waals surface area contributed by atoms with E-state index in [2.05, 4.69) is 10.1 Å². The maximum atomic E-state index is 12.6. The molecular formula is C13H13F3N2O4. The van der Waals surface area contributed by atoms with E-state index in [1.54, 1.807) is 0 Å². The molecule has 2 rings (SSSR count). The summed E-state index contributed by atoms with van der Waals surface area (Å²) in [5, 5.41) is 2.31. The van der Waals surface area contributed by atoms with Gasteiger partial charge >= 0.3 is 12.1 Å². The first-order chi connectivity index (χ1) is 10.2. The van der Waals surface area contributed by atoms with Crippen LogP contribution in [-0.4, -0.2) is 30.5 Å². The average molecular weight is 318 g/mol. The number of hydrogen-bond acceptors (Lipinski definition) is 4. The number of ether oxygens (including phenoxy) is 1. The van der Waals surface area contributed by atoms with Gasteiger partial charge in [0.25, 0.3) is 11.5 Å². The Balaban J connectivity index is 2.13. The Morgan fingerprint density at radius 2 is 2.05 bits per heavy atom. The fraction of sp³-hybridized carbons (Fsp3) is 0.462. The van der Waals surface area contributed by atoms with E-state index in [0.717, 1.165) is 0 Å². The van der Waals surface area contributed by atoms with Gasteiger partial charge in [-0.15, -0.1) is 0 Å². The van der Waals surface area contributed by atoms with Crippen molar-refractivity contribution in [1.29, 1.82) is 0 Å². The molecule has 1 amide bonds. The molecule has 0 unspecified atom stereocenters. The molecule has 1 heterocycles. The molecule has 1 aliphatic carbocycles. The topological polar surface area (TPSA) is 88.3 Å². The van der Waals surface area contributed by atoms with Crippen molar-refractivity contribution in [3.8, 4) is 0 Å². The van der Waals surface area contributed by atoms with E-state index in [4.69, 9.17) is 0 Å². The van der Waals surface area contributed by atoms with Crippen molar-refractivity contribution in [3.05, 3.63) is 33.7 Å². The highest BCUT2D eigenvalue weighted by molar-refractivity contribution is 5.94. The number of alkyl halides is 3. The molecule has 6 nitrogen and oxygen atoms in total. The lowest BCUT2D eigenvalue weighted by molar-refractivity contribution is -0.146. The minimum atomic E-state index is -4.68. The average Bonchev–Trinajstić information content (AvgIpc) is 3.24. The number of halogens is 3. The molecule has 1 aliphatic rings. The van der Waals surface area contributed by atoms with Crippen molar-refractivity contribution < 1.29 is 27.5 Å². The lowest BCUT2D eigenvalue weighted by Gasteiger charge is -2.13. The molecule has 1 aromatic heterocycles. The highest BCUT2D eigenvalue weighted by atomic mass is 19.4. The van der Waals surface area contributed by atoms with Gasteiger partial charge in [0.1, 0.15) is 5.56 Å². The van der Waals surface area contributed by atoms with Crippen LogP contribution in [0.2, 0.25) is 0 Å². The summed E-state index contributed by atoms with van der Waals surface area (Å²) in [6, 6.07) is 0.478. The van der Waals surface area contributed by atoms with Crippen molar-refractivity contribution in [2.75, 3.05) is 13.7 Å². The molecule has 0 atom stereocenters. The van der Waals surface area contributed by atoms with Crippen LogP contribution in [-0.2, 0) is 15.7 Å². The van der Waals surface area contributed by atoms with E-state index < -0.39 is 40.2 Å². The van der Waals surface area contributed by atoms with Crippen molar-refractivity contribution in [2.24, 2.45) is 5.41 Å². The smallest absolute Gasteiger partial charge is 0.417 e. The van der Waals surface area contributed by atoms with Crippen molar-refractivity contribution in [1.82, 2.24) is 10.3 Å². The number of hydrogen-bond donors (Lipinski definition) is 2. The van der Waals surface area contributed by atoms with E-state index in [0.29, 0.717) is 25.1 Å². The lowest BCUT2D eigenvalue weighted by Crippen LogP contribution is -2.37. The molecule has 1 fully saturated rings. The van der Waals surface area contributed by atoms with Gasteiger partial charge in [0.15, 0.2) is 0 Å². The quantitative estimate of drug-likeness (QED) is 0.813. The molecule has 0 aromatic carbocycles. The van der Waals surface area contributed by atoms with Gasteiger partial charge in [-0.2, -0.15) is 13.2 Å². The summed E-state index contributed by atoms with van der Waals surface area (Å²) in [7, 11) is 1.21. The van der Waals surface area contributed by atoms with Crippen molar-refractivity contribution in [3.63, 3.8) is 0 Å². The molecule has 0 saturated heterocycles. The van der Waals surface area contributed by atoms with Gasteiger partial charge in [0, 0.05) is 12.7 Å². The first-order valence-electron chi connectivity index (χ1n) is 6.36. The van der Waals surface area contributed by atoms with E-state index in [-0.39, 0.29) is 6.54 Å². The Labute approximate surface area is 122 Å². The largest absolute Gasteiger partial charge is 0.469 e. The minimum Gasteiger partial charge on any atom is -0.469 e. The number of aromatic amines is 1. The third-order valence-corrected chi connectivity index (χ3v) is 3.53. The molecule has 0 aliphatic heterocycles. The Kier molecular flexibility index (Phi) is 3.99. The number of aromatic nitrogens is 1. The molecule has 1 saturated carbocycles. The third kappa shape index (κ3) is 3.12. The van der Waals surface area contributed by atoms with Gasteiger partial charge in [0.05, 0.1) is 18.1 Å². The van der Waals surface area contributed by atoms with Crippen LogP contribution in [0.5, 0.6) is 0 Å². The zero-order valence-electron chi connectivity index (χ0n) is 11.5. The zero-order chi connectivity index (χ0) is 16.5. The summed E-state index contributed by atoms with van der Waals surface area (Å²) in [6.45, 7) is -0.0891. The summed E-state index contributed by atoms with van der Waals surface area (Å²) in [5.74, 6) is -1.46. The Morgan fingerprint density at radius 1 is 1.41 bits per heavy atom. The van der Waals surface area contributed by atoms with Gasteiger partial charge in [-0.05, 0) is 18.9 Å². The van der Waals surface area contributed by atoms with Gasteiger partial charge in [-0.3, -0.25) is 14.4 Å². The second kappa shape index (κ2) is 5.47. The van der Waals surface area contributed by atoms with E-state index in [9.17, 15) is 27.6 Å². The van der Waals surface area contributed by atoms with Crippen LogP contribution in [0.1, 0.15) is 28.8 Å².